The maximum absolute atomic E-state index is 13.4. The minimum Gasteiger partial charge on any atom is -0.541 e. The first kappa shape index (κ1) is 33.6. The molecule has 2 bridgehead atoms. The summed E-state index contributed by atoms with van der Waals surface area (Å²) < 4.78 is 29.6. The van der Waals surface area contributed by atoms with Crippen LogP contribution in [0.25, 0.3) is 10.9 Å². The lowest BCUT2D eigenvalue weighted by atomic mass is 9.49. The smallest absolute Gasteiger partial charge is 0.511 e. The number of aromatic nitrogens is 1. The quantitative estimate of drug-likeness (QED) is 0.141. The molecule has 0 radical (unpaired) electrons. The Morgan fingerprint density at radius 3 is 2.56 bits per heavy atom. The van der Waals surface area contributed by atoms with Crippen LogP contribution in [0.4, 0.5) is 4.79 Å². The fraction of sp³-hybridized carbons (Fsp3) is 0.590. The van der Waals surface area contributed by atoms with Gasteiger partial charge in [-0.1, -0.05) is 32.9 Å². The molecule has 3 aliphatic carbocycles. The number of esters is 1. The van der Waals surface area contributed by atoms with E-state index in [1.165, 1.54) is 25.3 Å². The number of rotatable bonds is 8. The van der Waals surface area contributed by atoms with Crippen molar-refractivity contribution in [2.45, 2.75) is 127 Å². The zero-order chi connectivity index (χ0) is 35.5. The van der Waals surface area contributed by atoms with Crippen molar-refractivity contribution >= 4 is 31.3 Å². The standard InChI is InChI=1S/C39H50N2O8Si/c1-21(2)45-36(43)47-22(3)46-35(42)25-11-13-26-27-19-39(44)30-18-24-12-14-29(49-50(7,8)37(4,5)6)33-31(24)38(39,15-16-41(30)20-23-9-10-23)34(48-33)32(27)40-28(26)17-25/h11-14,17,21-23,30,34,40,44H,9-10,15-16,18-20H2,1-8H3/t22?,30-,34+,38+,39-/m1/s1. The van der Waals surface area contributed by atoms with Gasteiger partial charge in [0.25, 0.3) is 8.32 Å². The third kappa shape index (κ3) is 5.01. The number of benzene rings is 2. The molecular formula is C39H50N2O8Si. The molecule has 1 spiro atoms. The highest BCUT2D eigenvalue weighted by Gasteiger charge is 2.73. The van der Waals surface area contributed by atoms with Crippen molar-refractivity contribution in [1.29, 1.82) is 0 Å². The SMILES string of the molecule is CC(C)OC(=O)OC(C)OC(=O)c1ccc2c3c([nH]c2c1)[C@@H]1Oc2c(O[Si](C)(C)C(C)(C)C)ccc4c2[C@@]12CCN(CC1CC1)[C@H](C4)[C@]2(O)C3. The van der Waals surface area contributed by atoms with Gasteiger partial charge in [-0.15, -0.1) is 0 Å². The molecule has 1 saturated carbocycles. The van der Waals surface area contributed by atoms with Gasteiger partial charge in [-0.05, 0) is 99.5 Å². The lowest BCUT2D eigenvalue weighted by Gasteiger charge is -2.62. The number of hydrogen-bond donors (Lipinski definition) is 2. The van der Waals surface area contributed by atoms with E-state index in [0.717, 1.165) is 65.2 Å². The van der Waals surface area contributed by atoms with E-state index in [2.05, 4.69) is 55.9 Å². The monoisotopic (exact) mass is 702 g/mol. The van der Waals surface area contributed by atoms with Crippen molar-refractivity contribution in [3.05, 3.63) is 58.3 Å². The zero-order valence-corrected chi connectivity index (χ0v) is 31.5. The Balaban J connectivity index is 1.19. The van der Waals surface area contributed by atoms with Gasteiger partial charge in [-0.25, -0.2) is 9.59 Å². The number of piperidine rings is 1. The van der Waals surface area contributed by atoms with E-state index in [-0.39, 0.29) is 17.2 Å². The number of ether oxygens (including phenoxy) is 4. The van der Waals surface area contributed by atoms with Gasteiger partial charge in [0.15, 0.2) is 11.9 Å². The number of likely N-dealkylation sites (tertiary alicyclic amines) is 1. The molecule has 3 heterocycles. The molecule has 2 aliphatic heterocycles. The van der Waals surface area contributed by atoms with E-state index in [4.69, 9.17) is 23.4 Å². The predicted molar refractivity (Wildman–Crippen MR) is 190 cm³/mol. The van der Waals surface area contributed by atoms with E-state index < -0.39 is 43.9 Å². The van der Waals surface area contributed by atoms with E-state index >= 15 is 0 Å². The summed E-state index contributed by atoms with van der Waals surface area (Å²) in [5.74, 6) is 1.64. The Morgan fingerprint density at radius 2 is 1.86 bits per heavy atom. The lowest BCUT2D eigenvalue weighted by Crippen LogP contribution is -2.74. The first-order valence-electron chi connectivity index (χ1n) is 18.2. The summed E-state index contributed by atoms with van der Waals surface area (Å²) in [6.45, 7) is 18.1. The minimum atomic E-state index is -2.21. The molecule has 10 nitrogen and oxygen atoms in total. The Kier molecular flexibility index (Phi) is 7.54. The van der Waals surface area contributed by atoms with Crippen molar-refractivity contribution in [3.63, 3.8) is 0 Å². The average molecular weight is 703 g/mol. The first-order valence-corrected chi connectivity index (χ1v) is 21.1. The molecule has 11 heteroatoms. The van der Waals surface area contributed by atoms with E-state index in [0.29, 0.717) is 17.9 Å². The van der Waals surface area contributed by atoms with Gasteiger partial charge in [-0.2, -0.15) is 0 Å². The molecule has 8 rings (SSSR count). The van der Waals surface area contributed by atoms with Crippen LogP contribution in [0.1, 0.15) is 99.7 Å². The van der Waals surface area contributed by atoms with Gasteiger partial charge >= 0.3 is 12.1 Å². The normalized spacial score (nSPS) is 27.3. The van der Waals surface area contributed by atoms with Crippen molar-refractivity contribution < 1.29 is 38.1 Å². The summed E-state index contributed by atoms with van der Waals surface area (Å²) in [7, 11) is -2.21. The van der Waals surface area contributed by atoms with Crippen LogP contribution < -0.4 is 9.16 Å². The van der Waals surface area contributed by atoms with Gasteiger partial charge in [0, 0.05) is 42.4 Å². The average Bonchev–Trinajstić information content (AvgIpc) is 3.66. The molecule has 0 amide bonds. The summed E-state index contributed by atoms with van der Waals surface area (Å²) >= 11 is 0. The summed E-state index contributed by atoms with van der Waals surface area (Å²) in [5.41, 5.74) is 3.72. The number of nitrogens with one attached hydrogen (secondary N) is 1. The molecule has 268 valence electrons. The number of carbonyl (C=O) groups excluding carboxylic acids is 2. The molecule has 1 saturated heterocycles. The highest BCUT2D eigenvalue weighted by molar-refractivity contribution is 6.74. The Labute approximate surface area is 294 Å². The molecule has 5 aliphatic rings. The Bertz CT molecular complexity index is 1890. The molecule has 1 aromatic heterocycles. The van der Waals surface area contributed by atoms with Crippen LogP contribution in [0, 0.1) is 5.92 Å². The van der Waals surface area contributed by atoms with Gasteiger partial charge in [0.1, 0.15) is 5.75 Å². The molecule has 50 heavy (non-hydrogen) atoms. The van der Waals surface area contributed by atoms with Crippen LogP contribution in [0.15, 0.2) is 30.3 Å². The van der Waals surface area contributed by atoms with Crippen molar-refractivity contribution in [2.24, 2.45) is 5.92 Å². The minimum absolute atomic E-state index is 0.00374. The van der Waals surface area contributed by atoms with Gasteiger partial charge < -0.3 is 33.5 Å². The molecule has 2 aromatic carbocycles. The maximum atomic E-state index is 13.4. The van der Waals surface area contributed by atoms with E-state index in [9.17, 15) is 14.7 Å². The summed E-state index contributed by atoms with van der Waals surface area (Å²) in [4.78, 5) is 31.3. The van der Waals surface area contributed by atoms with Crippen LogP contribution >= 0.6 is 0 Å². The number of H-pyrrole nitrogens is 1. The fourth-order valence-electron chi connectivity index (χ4n) is 8.85. The lowest BCUT2D eigenvalue weighted by molar-refractivity contribution is -0.173. The van der Waals surface area contributed by atoms with Crippen LogP contribution in [0.3, 0.4) is 0 Å². The molecule has 1 unspecified atom stereocenters. The summed E-state index contributed by atoms with van der Waals surface area (Å²) in [6, 6.07) is 9.71. The Hall–Kier alpha value is -3.54. The third-order valence-electron chi connectivity index (χ3n) is 12.4. The van der Waals surface area contributed by atoms with Gasteiger partial charge in [0.2, 0.25) is 6.29 Å². The van der Waals surface area contributed by atoms with Gasteiger partial charge in [0.05, 0.1) is 28.4 Å². The second-order valence-electron chi connectivity index (χ2n) is 17.1. The predicted octanol–water partition coefficient (Wildman–Crippen LogP) is 7.32. The summed E-state index contributed by atoms with van der Waals surface area (Å²) in [5, 5.41) is 14.3. The Morgan fingerprint density at radius 1 is 1.10 bits per heavy atom. The number of fused-ring (bicyclic) bond motifs is 4. The number of aliphatic hydroxyl groups is 1. The third-order valence-corrected chi connectivity index (χ3v) is 16.8. The zero-order valence-electron chi connectivity index (χ0n) is 30.5. The maximum Gasteiger partial charge on any atom is 0.511 e. The number of aromatic amines is 1. The van der Waals surface area contributed by atoms with E-state index in [1.807, 2.05) is 6.07 Å². The van der Waals surface area contributed by atoms with Gasteiger partial charge in [-0.3, -0.25) is 4.90 Å². The van der Waals surface area contributed by atoms with Crippen molar-refractivity contribution in [2.75, 3.05) is 13.1 Å². The van der Waals surface area contributed by atoms with Crippen molar-refractivity contribution in [3.8, 4) is 11.5 Å². The molecule has 5 atom stereocenters. The first-order chi connectivity index (χ1) is 23.5. The highest BCUT2D eigenvalue weighted by Crippen LogP contribution is 2.69. The topological polar surface area (TPSA) is 120 Å². The second-order valence-corrected chi connectivity index (χ2v) is 21.8. The second kappa shape index (κ2) is 11.2. The molecular weight excluding hydrogens is 653 g/mol. The van der Waals surface area contributed by atoms with Crippen LogP contribution in [-0.4, -0.2) is 72.6 Å². The number of hydrogen-bond acceptors (Lipinski definition) is 9. The number of carbonyl (C=O) groups is 2. The number of nitrogens with zero attached hydrogens (tertiary/aromatic N) is 1. The van der Waals surface area contributed by atoms with Crippen LogP contribution in [-0.2, 0) is 32.5 Å². The largest absolute Gasteiger partial charge is 0.541 e. The van der Waals surface area contributed by atoms with Crippen LogP contribution in [0.5, 0.6) is 11.5 Å². The van der Waals surface area contributed by atoms with Crippen molar-refractivity contribution in [1.82, 2.24) is 9.88 Å². The summed E-state index contributed by atoms with van der Waals surface area (Å²) in [6.07, 6.45) is 1.73. The molecule has 2 fully saturated rings. The van der Waals surface area contributed by atoms with E-state index in [1.54, 1.807) is 26.0 Å². The van der Waals surface area contributed by atoms with Crippen LogP contribution in [0.2, 0.25) is 18.1 Å². The molecule has 3 aromatic rings. The molecule has 2 N–H and O–H groups in total. The fourth-order valence-corrected chi connectivity index (χ4v) is 9.87. The highest BCUT2D eigenvalue weighted by atomic mass is 28.4.